The molecule has 6 rings (SSSR count). The van der Waals surface area contributed by atoms with Gasteiger partial charge in [-0.1, -0.05) is 44.2 Å². The summed E-state index contributed by atoms with van der Waals surface area (Å²) in [6.45, 7) is 8.22. The third kappa shape index (κ3) is 3.65. The molecule has 2 nitrogen and oxygen atoms in total. The number of fused-ring (bicyclic) bond motifs is 2. The van der Waals surface area contributed by atoms with Gasteiger partial charge in [-0.2, -0.15) is 0 Å². The molecule has 0 N–H and O–H groups in total. The van der Waals surface area contributed by atoms with E-state index in [4.69, 9.17) is 0 Å². The maximum Gasteiger partial charge on any atom is 0.127 e. The maximum absolute atomic E-state index is 14.6. The zero-order chi connectivity index (χ0) is 22.7. The number of rotatable bonds is 4. The van der Waals surface area contributed by atoms with E-state index in [9.17, 15) is 8.78 Å². The maximum atomic E-state index is 14.6. The van der Waals surface area contributed by atoms with Crippen LogP contribution in [-0.2, 0) is 12.8 Å². The summed E-state index contributed by atoms with van der Waals surface area (Å²) in [6.07, 6.45) is 4.25. The van der Waals surface area contributed by atoms with Crippen molar-refractivity contribution in [1.82, 2.24) is 9.80 Å². The molecule has 0 spiro atoms. The molecule has 6 atom stereocenters. The molecule has 0 saturated carbocycles. The summed E-state index contributed by atoms with van der Waals surface area (Å²) in [5, 5.41) is 0. The van der Waals surface area contributed by atoms with Crippen LogP contribution in [0.4, 0.5) is 8.78 Å². The van der Waals surface area contributed by atoms with E-state index in [-0.39, 0.29) is 5.82 Å². The molecule has 2 aromatic rings. The van der Waals surface area contributed by atoms with Crippen molar-refractivity contribution in [3.05, 3.63) is 70.0 Å². The number of alkyl halides is 1. The van der Waals surface area contributed by atoms with Crippen molar-refractivity contribution < 1.29 is 8.78 Å². The number of hydrogen-bond donors (Lipinski definition) is 0. The van der Waals surface area contributed by atoms with Crippen LogP contribution in [0.1, 0.15) is 78.7 Å². The minimum Gasteiger partial charge on any atom is -0.299 e. The summed E-state index contributed by atoms with van der Waals surface area (Å²) in [5.74, 6) is 1.31. The van der Waals surface area contributed by atoms with Gasteiger partial charge in [-0.3, -0.25) is 9.80 Å². The normalized spacial score (nSPS) is 34.2. The van der Waals surface area contributed by atoms with Crippen LogP contribution in [0, 0.1) is 5.82 Å². The van der Waals surface area contributed by atoms with Crippen molar-refractivity contribution >= 4 is 0 Å². The lowest BCUT2D eigenvalue weighted by molar-refractivity contribution is 0.207. The van der Waals surface area contributed by atoms with Crippen molar-refractivity contribution in [3.63, 3.8) is 0 Å². The number of halogens is 2. The quantitative estimate of drug-likeness (QED) is 0.580. The highest BCUT2D eigenvalue weighted by Gasteiger charge is 2.41. The van der Waals surface area contributed by atoms with E-state index in [2.05, 4.69) is 47.9 Å². The van der Waals surface area contributed by atoms with Crippen LogP contribution in [0.25, 0.3) is 0 Å². The number of benzene rings is 2. The average molecular weight is 451 g/mol. The van der Waals surface area contributed by atoms with E-state index < -0.39 is 6.17 Å². The minimum atomic E-state index is -0.650. The molecule has 176 valence electrons. The molecule has 4 aliphatic rings. The average Bonchev–Trinajstić information content (AvgIpc) is 3.58. The molecule has 33 heavy (non-hydrogen) atoms. The first-order valence-corrected chi connectivity index (χ1v) is 13.1. The van der Waals surface area contributed by atoms with Gasteiger partial charge >= 0.3 is 0 Å². The SMILES string of the molecule is CC[C@@H]1c2c(F)cccc2C[C@H]1N1CCC(c2ccc3c(c2)[C@@H](C)[C@H](N2CC[C@H](F)C2)C3)C1. The first-order valence-electron chi connectivity index (χ1n) is 13.1. The summed E-state index contributed by atoms with van der Waals surface area (Å²) < 4.78 is 28.4. The Morgan fingerprint density at radius 1 is 0.939 bits per heavy atom. The monoisotopic (exact) mass is 450 g/mol. The zero-order valence-electron chi connectivity index (χ0n) is 19.9. The molecule has 2 fully saturated rings. The first kappa shape index (κ1) is 21.7. The summed E-state index contributed by atoms with van der Waals surface area (Å²) >= 11 is 0. The Morgan fingerprint density at radius 2 is 1.73 bits per heavy atom. The molecule has 2 aliphatic heterocycles. The van der Waals surface area contributed by atoms with Gasteiger partial charge < -0.3 is 0 Å². The van der Waals surface area contributed by atoms with Crippen LogP contribution < -0.4 is 0 Å². The summed E-state index contributed by atoms with van der Waals surface area (Å²) in [6, 6.07) is 13.7. The molecule has 0 amide bonds. The Morgan fingerprint density at radius 3 is 2.52 bits per heavy atom. The van der Waals surface area contributed by atoms with Crippen LogP contribution >= 0.6 is 0 Å². The topological polar surface area (TPSA) is 6.48 Å². The van der Waals surface area contributed by atoms with E-state index in [1.807, 2.05) is 6.07 Å². The Kier molecular flexibility index (Phi) is 5.57. The largest absolute Gasteiger partial charge is 0.299 e. The highest BCUT2D eigenvalue weighted by Crippen LogP contribution is 2.44. The smallest absolute Gasteiger partial charge is 0.127 e. The van der Waals surface area contributed by atoms with Crippen LogP contribution in [0.15, 0.2) is 36.4 Å². The lowest BCUT2D eigenvalue weighted by Gasteiger charge is -2.29. The van der Waals surface area contributed by atoms with E-state index >= 15 is 0 Å². The second-order valence-corrected chi connectivity index (χ2v) is 11.0. The van der Waals surface area contributed by atoms with Crippen molar-refractivity contribution in [2.75, 3.05) is 26.2 Å². The van der Waals surface area contributed by atoms with Crippen LogP contribution in [0.2, 0.25) is 0 Å². The molecule has 0 aromatic heterocycles. The van der Waals surface area contributed by atoms with Crippen molar-refractivity contribution in [3.8, 4) is 0 Å². The first-order chi connectivity index (χ1) is 16.0. The Bertz CT molecular complexity index is 1040. The highest BCUT2D eigenvalue weighted by atomic mass is 19.1. The Hall–Kier alpha value is -1.78. The fraction of sp³-hybridized carbons (Fsp3) is 0.586. The van der Waals surface area contributed by atoms with Gasteiger partial charge in [0.2, 0.25) is 0 Å². The van der Waals surface area contributed by atoms with Crippen molar-refractivity contribution in [2.45, 2.75) is 82.0 Å². The van der Waals surface area contributed by atoms with E-state index in [0.29, 0.717) is 42.8 Å². The number of hydrogen-bond acceptors (Lipinski definition) is 2. The molecule has 2 saturated heterocycles. The highest BCUT2D eigenvalue weighted by molar-refractivity contribution is 5.42. The van der Waals surface area contributed by atoms with Gasteiger partial charge in [0.15, 0.2) is 0 Å². The molecule has 2 aromatic carbocycles. The van der Waals surface area contributed by atoms with Crippen molar-refractivity contribution in [1.29, 1.82) is 0 Å². The fourth-order valence-electron chi connectivity index (χ4n) is 7.53. The predicted octanol–water partition coefficient (Wildman–Crippen LogP) is 5.81. The number of likely N-dealkylation sites (tertiary alicyclic amines) is 2. The molecule has 2 heterocycles. The van der Waals surface area contributed by atoms with Gasteiger partial charge in [0, 0.05) is 37.6 Å². The van der Waals surface area contributed by atoms with Crippen LogP contribution in [-0.4, -0.2) is 54.2 Å². The van der Waals surface area contributed by atoms with Crippen LogP contribution in [0.3, 0.4) is 0 Å². The lowest BCUT2D eigenvalue weighted by Crippen LogP contribution is -2.36. The summed E-state index contributed by atoms with van der Waals surface area (Å²) in [7, 11) is 0. The minimum absolute atomic E-state index is 0.0168. The van der Waals surface area contributed by atoms with Crippen molar-refractivity contribution in [2.24, 2.45) is 0 Å². The van der Waals surface area contributed by atoms with Gasteiger partial charge in [0.05, 0.1) is 0 Å². The fourth-order valence-corrected chi connectivity index (χ4v) is 7.53. The standard InChI is InChI=1S/C29H36F2N2/c1-3-24-28(15-21-5-4-6-26(31)29(21)24)32-11-9-22(16-32)19-7-8-20-14-27(18(2)25(20)13-19)33-12-10-23(30)17-33/h4-8,13,18,22-24,27-28H,3,9-12,14-17H2,1-2H3/t18-,22?,23+,24+,27-,28-/m1/s1. The Balaban J connectivity index is 1.17. The Labute approximate surface area is 197 Å². The molecule has 1 unspecified atom stereocenters. The van der Waals surface area contributed by atoms with E-state index in [1.165, 1.54) is 28.7 Å². The van der Waals surface area contributed by atoms with E-state index in [0.717, 1.165) is 44.5 Å². The molecular weight excluding hydrogens is 414 g/mol. The summed E-state index contributed by atoms with van der Waals surface area (Å²) in [4.78, 5) is 5.03. The van der Waals surface area contributed by atoms with Crippen LogP contribution in [0.5, 0.6) is 0 Å². The van der Waals surface area contributed by atoms with Gasteiger partial charge in [-0.25, -0.2) is 8.78 Å². The lowest BCUT2D eigenvalue weighted by atomic mass is 9.92. The van der Waals surface area contributed by atoms with Gasteiger partial charge in [-0.05, 0) is 84.4 Å². The van der Waals surface area contributed by atoms with Gasteiger partial charge in [-0.15, -0.1) is 0 Å². The molecule has 0 bridgehead atoms. The van der Waals surface area contributed by atoms with Gasteiger partial charge in [0.25, 0.3) is 0 Å². The second kappa shape index (κ2) is 8.46. The van der Waals surface area contributed by atoms with E-state index in [1.54, 1.807) is 6.07 Å². The van der Waals surface area contributed by atoms with Gasteiger partial charge in [0.1, 0.15) is 12.0 Å². The third-order valence-electron chi connectivity index (χ3n) is 9.31. The summed E-state index contributed by atoms with van der Waals surface area (Å²) in [5.41, 5.74) is 6.60. The predicted molar refractivity (Wildman–Crippen MR) is 129 cm³/mol. The zero-order valence-corrected chi connectivity index (χ0v) is 19.9. The molecule has 2 aliphatic carbocycles. The second-order valence-electron chi connectivity index (χ2n) is 11.0. The molecular formula is C29H36F2N2. The molecule has 0 radical (unpaired) electrons. The number of nitrogens with zero attached hydrogens (tertiary/aromatic N) is 2. The third-order valence-corrected chi connectivity index (χ3v) is 9.31. The molecule has 4 heteroatoms.